The van der Waals surface area contributed by atoms with Gasteiger partial charge in [0, 0.05) is 13.6 Å². The third-order valence-corrected chi connectivity index (χ3v) is 3.81. The Labute approximate surface area is 114 Å². The highest BCUT2D eigenvalue weighted by Crippen LogP contribution is 2.21. The van der Waals surface area contributed by atoms with Gasteiger partial charge >= 0.3 is 0 Å². The van der Waals surface area contributed by atoms with Crippen molar-refractivity contribution in [3.8, 4) is 0 Å². The number of carbonyl (C=O) groups is 1. The summed E-state index contributed by atoms with van der Waals surface area (Å²) in [5, 5.41) is 13.8. The van der Waals surface area contributed by atoms with E-state index in [4.69, 9.17) is 0 Å². The van der Waals surface area contributed by atoms with Crippen LogP contribution in [0.2, 0.25) is 0 Å². The number of aliphatic hydroxyl groups excluding tert-OH is 1. The molecule has 1 amide bonds. The van der Waals surface area contributed by atoms with E-state index in [9.17, 15) is 9.90 Å². The van der Waals surface area contributed by atoms with Crippen LogP contribution in [0.4, 0.5) is 0 Å². The number of piperidine rings is 1. The van der Waals surface area contributed by atoms with Crippen LogP contribution in [0.3, 0.4) is 0 Å². The third kappa shape index (κ3) is 2.81. The van der Waals surface area contributed by atoms with Gasteiger partial charge in [0.25, 0.3) is 5.91 Å². The summed E-state index contributed by atoms with van der Waals surface area (Å²) in [5.74, 6) is 0.295. The Kier molecular flexibility index (Phi) is 4.24. The van der Waals surface area contributed by atoms with Crippen LogP contribution in [0.25, 0.3) is 0 Å². The Morgan fingerprint density at radius 3 is 2.84 bits per heavy atom. The first-order valence-electron chi connectivity index (χ1n) is 7.00. The maximum atomic E-state index is 12.6. The molecule has 0 bridgehead atoms. The highest BCUT2D eigenvalue weighted by Gasteiger charge is 2.29. The van der Waals surface area contributed by atoms with Crippen LogP contribution >= 0.6 is 0 Å². The minimum atomic E-state index is -0.0429. The fourth-order valence-electron chi connectivity index (χ4n) is 2.58. The Balaban J connectivity index is 2.22. The van der Waals surface area contributed by atoms with E-state index < -0.39 is 0 Å². The molecule has 1 aromatic rings. The minimum absolute atomic E-state index is 0.0133. The summed E-state index contributed by atoms with van der Waals surface area (Å²) in [4.78, 5) is 14.4. The van der Waals surface area contributed by atoms with E-state index >= 15 is 0 Å². The number of amides is 1. The zero-order valence-corrected chi connectivity index (χ0v) is 12.0. The number of hydrogen-bond donors (Lipinski definition) is 1. The number of nitrogens with zero attached hydrogens (tertiary/aromatic N) is 3. The molecular formula is C14H23N3O2. The SMILES string of the molecule is CC(C)c1cc(C(=O)N2CCCCC2CO)n(C)n1. The number of aryl methyl sites for hydroxylation is 1. The molecule has 1 atom stereocenters. The fourth-order valence-corrected chi connectivity index (χ4v) is 2.58. The van der Waals surface area contributed by atoms with Crippen LogP contribution in [0.15, 0.2) is 6.07 Å². The van der Waals surface area contributed by atoms with Crippen molar-refractivity contribution >= 4 is 5.91 Å². The smallest absolute Gasteiger partial charge is 0.272 e. The largest absolute Gasteiger partial charge is 0.394 e. The number of hydrogen-bond acceptors (Lipinski definition) is 3. The lowest BCUT2D eigenvalue weighted by Gasteiger charge is -2.34. The molecule has 2 heterocycles. The lowest BCUT2D eigenvalue weighted by molar-refractivity contribution is 0.0492. The van der Waals surface area contributed by atoms with Crippen molar-refractivity contribution in [3.63, 3.8) is 0 Å². The lowest BCUT2D eigenvalue weighted by Crippen LogP contribution is -2.46. The standard InChI is InChI=1S/C14H23N3O2/c1-10(2)12-8-13(16(3)15-12)14(19)17-7-5-4-6-11(17)9-18/h8,10-11,18H,4-7,9H2,1-3H3. The molecule has 1 aliphatic heterocycles. The highest BCUT2D eigenvalue weighted by atomic mass is 16.3. The quantitative estimate of drug-likeness (QED) is 0.901. The molecule has 0 aromatic carbocycles. The zero-order valence-electron chi connectivity index (χ0n) is 12.0. The van der Waals surface area contributed by atoms with E-state index in [0.29, 0.717) is 11.6 Å². The first kappa shape index (κ1) is 14.1. The van der Waals surface area contributed by atoms with E-state index in [1.54, 1.807) is 16.6 Å². The van der Waals surface area contributed by atoms with Crippen molar-refractivity contribution in [1.82, 2.24) is 14.7 Å². The molecule has 0 radical (unpaired) electrons. The Bertz CT molecular complexity index is 454. The summed E-state index contributed by atoms with van der Waals surface area (Å²) in [5.41, 5.74) is 1.55. The average Bonchev–Trinajstić information content (AvgIpc) is 2.80. The average molecular weight is 265 g/mol. The van der Waals surface area contributed by atoms with E-state index in [1.165, 1.54) is 0 Å². The lowest BCUT2D eigenvalue weighted by atomic mass is 10.0. The maximum absolute atomic E-state index is 12.6. The maximum Gasteiger partial charge on any atom is 0.272 e. The molecular weight excluding hydrogens is 242 g/mol. The summed E-state index contributed by atoms with van der Waals surface area (Å²) < 4.78 is 1.65. The molecule has 5 nitrogen and oxygen atoms in total. The van der Waals surface area contributed by atoms with Crippen molar-refractivity contribution in [3.05, 3.63) is 17.5 Å². The Morgan fingerprint density at radius 2 is 2.26 bits per heavy atom. The van der Waals surface area contributed by atoms with Crippen LogP contribution in [-0.2, 0) is 7.05 Å². The molecule has 1 aromatic heterocycles. The summed E-state index contributed by atoms with van der Waals surface area (Å²) in [6.07, 6.45) is 2.98. The van der Waals surface area contributed by atoms with Crippen molar-refractivity contribution in [1.29, 1.82) is 0 Å². The van der Waals surface area contributed by atoms with E-state index in [0.717, 1.165) is 31.5 Å². The predicted molar refractivity (Wildman–Crippen MR) is 73.1 cm³/mol. The van der Waals surface area contributed by atoms with Gasteiger partial charge in [0.15, 0.2) is 0 Å². The number of likely N-dealkylation sites (tertiary alicyclic amines) is 1. The van der Waals surface area contributed by atoms with E-state index in [2.05, 4.69) is 18.9 Å². The molecule has 0 saturated carbocycles. The topological polar surface area (TPSA) is 58.4 Å². The summed E-state index contributed by atoms with van der Waals surface area (Å²) >= 11 is 0. The van der Waals surface area contributed by atoms with Gasteiger partial charge in [-0.25, -0.2) is 0 Å². The highest BCUT2D eigenvalue weighted by molar-refractivity contribution is 5.93. The molecule has 19 heavy (non-hydrogen) atoms. The molecule has 1 aliphatic rings. The van der Waals surface area contributed by atoms with Gasteiger partial charge in [0.1, 0.15) is 5.69 Å². The minimum Gasteiger partial charge on any atom is -0.394 e. The molecule has 0 spiro atoms. The first-order valence-corrected chi connectivity index (χ1v) is 7.00. The van der Waals surface area contributed by atoms with Gasteiger partial charge in [-0.15, -0.1) is 0 Å². The van der Waals surface area contributed by atoms with Gasteiger partial charge in [-0.3, -0.25) is 9.48 Å². The first-order chi connectivity index (χ1) is 9.04. The monoisotopic (exact) mass is 265 g/mol. The Hall–Kier alpha value is -1.36. The number of aromatic nitrogens is 2. The van der Waals surface area contributed by atoms with Gasteiger partial charge in [-0.2, -0.15) is 5.10 Å². The van der Waals surface area contributed by atoms with Crippen LogP contribution in [0.1, 0.15) is 55.2 Å². The van der Waals surface area contributed by atoms with E-state index in [-0.39, 0.29) is 18.6 Å². The molecule has 1 fully saturated rings. The molecule has 106 valence electrons. The van der Waals surface area contributed by atoms with Gasteiger partial charge in [0.2, 0.25) is 0 Å². The molecule has 0 aliphatic carbocycles. The van der Waals surface area contributed by atoms with Crippen LogP contribution in [-0.4, -0.2) is 44.9 Å². The number of carbonyl (C=O) groups excluding carboxylic acids is 1. The van der Waals surface area contributed by atoms with Gasteiger partial charge < -0.3 is 10.0 Å². The van der Waals surface area contributed by atoms with Crippen LogP contribution < -0.4 is 0 Å². The van der Waals surface area contributed by atoms with Crippen molar-refractivity contribution in [2.45, 2.75) is 45.1 Å². The molecule has 1 N–H and O–H groups in total. The second-order valence-corrected chi connectivity index (χ2v) is 5.56. The Morgan fingerprint density at radius 1 is 1.53 bits per heavy atom. The van der Waals surface area contributed by atoms with Crippen molar-refractivity contribution in [2.75, 3.05) is 13.2 Å². The molecule has 2 rings (SSSR count). The fraction of sp³-hybridized carbons (Fsp3) is 0.714. The normalized spacial score (nSPS) is 20.1. The second kappa shape index (κ2) is 5.74. The summed E-state index contributed by atoms with van der Waals surface area (Å²) in [6, 6.07) is 1.83. The van der Waals surface area contributed by atoms with E-state index in [1.807, 2.05) is 6.07 Å². The van der Waals surface area contributed by atoms with Crippen molar-refractivity contribution in [2.24, 2.45) is 7.05 Å². The van der Waals surface area contributed by atoms with Gasteiger partial charge in [-0.1, -0.05) is 13.8 Å². The van der Waals surface area contributed by atoms with Crippen LogP contribution in [0, 0.1) is 0 Å². The van der Waals surface area contributed by atoms with Gasteiger partial charge in [-0.05, 0) is 31.2 Å². The summed E-state index contributed by atoms with van der Waals surface area (Å²) in [6.45, 7) is 4.90. The predicted octanol–water partition coefficient (Wildman–Crippen LogP) is 1.53. The summed E-state index contributed by atoms with van der Waals surface area (Å²) in [7, 11) is 1.80. The van der Waals surface area contributed by atoms with Crippen LogP contribution in [0.5, 0.6) is 0 Å². The van der Waals surface area contributed by atoms with Crippen molar-refractivity contribution < 1.29 is 9.90 Å². The third-order valence-electron chi connectivity index (χ3n) is 3.81. The number of rotatable bonds is 3. The second-order valence-electron chi connectivity index (χ2n) is 5.56. The molecule has 5 heteroatoms. The number of aliphatic hydroxyl groups is 1. The van der Waals surface area contributed by atoms with Gasteiger partial charge in [0.05, 0.1) is 18.3 Å². The molecule has 1 saturated heterocycles. The zero-order chi connectivity index (χ0) is 14.0. The molecule has 1 unspecified atom stereocenters.